The molecule has 7 nitrogen and oxygen atoms in total. The second-order valence-electron chi connectivity index (χ2n) is 7.39. The molecule has 0 saturated heterocycles. The number of oxazole rings is 1. The lowest BCUT2D eigenvalue weighted by Crippen LogP contribution is -2.25. The lowest BCUT2D eigenvalue weighted by Gasteiger charge is -2.03. The first-order chi connectivity index (χ1) is 15.1. The number of amides is 1. The van der Waals surface area contributed by atoms with E-state index in [1.807, 2.05) is 24.3 Å². The monoisotopic (exact) mass is 421 g/mol. The minimum Gasteiger partial charge on any atom is -0.445 e. The summed E-state index contributed by atoms with van der Waals surface area (Å²) < 4.78 is 19.3. The number of halogens is 1. The lowest BCUT2D eigenvalue weighted by atomic mass is 10.1. The van der Waals surface area contributed by atoms with E-state index < -0.39 is 11.7 Å². The molecule has 3 aromatic heterocycles. The number of nitrogens with zero attached hydrogens (tertiary/aromatic N) is 3. The number of aryl methyl sites for hydroxylation is 3. The van der Waals surface area contributed by atoms with Gasteiger partial charge in [0.2, 0.25) is 0 Å². The van der Waals surface area contributed by atoms with Gasteiger partial charge in [-0.1, -0.05) is 18.6 Å². The van der Waals surface area contributed by atoms with Gasteiger partial charge in [0.05, 0.1) is 23.3 Å². The number of rotatable bonds is 9. The fourth-order valence-electron chi connectivity index (χ4n) is 3.43. The summed E-state index contributed by atoms with van der Waals surface area (Å²) in [7, 11) is 0. The number of fused-ring (bicyclic) bond motifs is 1. The molecule has 4 aromatic rings. The Bertz CT molecular complexity index is 1150. The van der Waals surface area contributed by atoms with Gasteiger partial charge in [0.15, 0.2) is 11.6 Å². The van der Waals surface area contributed by atoms with Crippen LogP contribution < -0.4 is 5.32 Å². The first kappa shape index (κ1) is 20.7. The van der Waals surface area contributed by atoms with Crippen molar-refractivity contribution in [1.29, 1.82) is 0 Å². The van der Waals surface area contributed by atoms with Crippen LogP contribution in [0.25, 0.3) is 11.0 Å². The van der Waals surface area contributed by atoms with Crippen molar-refractivity contribution < 1.29 is 13.6 Å². The van der Waals surface area contributed by atoms with Crippen LogP contribution in [0, 0.1) is 12.7 Å². The van der Waals surface area contributed by atoms with E-state index in [1.165, 1.54) is 18.3 Å². The number of unbranched alkanes of at least 4 members (excludes halogenated alkanes) is 2. The summed E-state index contributed by atoms with van der Waals surface area (Å²) in [5.41, 5.74) is 2.46. The van der Waals surface area contributed by atoms with Gasteiger partial charge in [0.1, 0.15) is 17.4 Å². The molecule has 0 bridgehead atoms. The van der Waals surface area contributed by atoms with E-state index in [0.29, 0.717) is 18.1 Å². The summed E-state index contributed by atoms with van der Waals surface area (Å²) in [6.07, 6.45) is 5.93. The zero-order chi connectivity index (χ0) is 21.6. The molecule has 0 saturated carbocycles. The summed E-state index contributed by atoms with van der Waals surface area (Å²) >= 11 is 0. The number of carbonyl (C=O) groups excluding carboxylic acids is 1. The Morgan fingerprint density at radius 1 is 1.10 bits per heavy atom. The number of pyridine rings is 1. The Balaban J connectivity index is 1.23. The van der Waals surface area contributed by atoms with E-state index in [-0.39, 0.29) is 17.9 Å². The molecule has 160 valence electrons. The fourth-order valence-corrected chi connectivity index (χ4v) is 3.43. The first-order valence-electron chi connectivity index (χ1n) is 10.4. The minimum atomic E-state index is -0.456. The van der Waals surface area contributed by atoms with Crippen molar-refractivity contribution in [2.45, 2.75) is 45.6 Å². The number of carbonyl (C=O) groups is 1. The highest BCUT2D eigenvalue weighted by atomic mass is 19.1. The summed E-state index contributed by atoms with van der Waals surface area (Å²) in [6.45, 7) is 1.70. The third-order valence-electron chi connectivity index (χ3n) is 5.05. The van der Waals surface area contributed by atoms with Gasteiger partial charge in [-0.2, -0.15) is 0 Å². The van der Waals surface area contributed by atoms with Crippen LogP contribution in [0.5, 0.6) is 0 Å². The molecule has 0 atom stereocenters. The number of aromatic amines is 1. The van der Waals surface area contributed by atoms with Crippen LogP contribution >= 0.6 is 0 Å². The van der Waals surface area contributed by atoms with Crippen LogP contribution in [0.4, 0.5) is 4.39 Å². The van der Waals surface area contributed by atoms with Crippen molar-refractivity contribution in [2.75, 3.05) is 0 Å². The molecule has 0 unspecified atom stereocenters. The highest BCUT2D eigenvalue weighted by molar-refractivity contribution is 5.93. The standard InChI is InChI=1S/C23H24FN5O2/c1-15-22(23(30)26-14-19-16(24)8-7-13-25-19)29-21(31-15)12-4-2-3-11-20-27-17-9-5-6-10-18(17)28-20/h5-10,13H,2-4,11-12,14H2,1H3,(H,26,30)(H,27,28). The van der Waals surface area contributed by atoms with Gasteiger partial charge in [0.25, 0.3) is 5.91 Å². The molecule has 4 rings (SSSR count). The second kappa shape index (κ2) is 9.51. The number of hydrogen-bond acceptors (Lipinski definition) is 5. The third-order valence-corrected chi connectivity index (χ3v) is 5.05. The maximum Gasteiger partial charge on any atom is 0.273 e. The molecule has 0 aliphatic rings. The predicted molar refractivity (Wildman–Crippen MR) is 114 cm³/mol. The topological polar surface area (TPSA) is 96.7 Å². The SMILES string of the molecule is Cc1oc(CCCCCc2nc3ccccc3[nH]2)nc1C(=O)NCc1ncccc1F. The normalized spacial score (nSPS) is 11.2. The predicted octanol–water partition coefficient (Wildman–Crippen LogP) is 4.28. The van der Waals surface area contributed by atoms with E-state index >= 15 is 0 Å². The molecule has 1 amide bonds. The van der Waals surface area contributed by atoms with E-state index in [0.717, 1.165) is 42.5 Å². The van der Waals surface area contributed by atoms with Crippen molar-refractivity contribution in [1.82, 2.24) is 25.3 Å². The Morgan fingerprint density at radius 3 is 2.77 bits per heavy atom. The number of para-hydroxylation sites is 2. The first-order valence-corrected chi connectivity index (χ1v) is 10.4. The van der Waals surface area contributed by atoms with Gasteiger partial charge >= 0.3 is 0 Å². The molecule has 0 fully saturated rings. The molecular weight excluding hydrogens is 397 g/mol. The van der Waals surface area contributed by atoms with Crippen molar-refractivity contribution >= 4 is 16.9 Å². The van der Waals surface area contributed by atoms with Crippen LogP contribution in [0.1, 0.15) is 52.9 Å². The summed E-state index contributed by atoms with van der Waals surface area (Å²) in [4.78, 5) is 28.5. The quantitative estimate of drug-likeness (QED) is 0.393. The van der Waals surface area contributed by atoms with Crippen LogP contribution in [0.2, 0.25) is 0 Å². The maximum atomic E-state index is 13.6. The highest BCUT2D eigenvalue weighted by Crippen LogP contribution is 2.15. The fraction of sp³-hybridized carbons (Fsp3) is 0.304. The van der Waals surface area contributed by atoms with Gasteiger partial charge in [-0.05, 0) is 44.0 Å². The minimum absolute atomic E-state index is 0.00503. The molecular formula is C23H24FN5O2. The zero-order valence-corrected chi connectivity index (χ0v) is 17.3. The van der Waals surface area contributed by atoms with Crippen molar-refractivity contribution in [3.8, 4) is 0 Å². The van der Waals surface area contributed by atoms with Crippen LogP contribution in [0.3, 0.4) is 0 Å². The Labute approximate surface area is 179 Å². The second-order valence-corrected chi connectivity index (χ2v) is 7.39. The van der Waals surface area contributed by atoms with E-state index in [4.69, 9.17) is 4.42 Å². The van der Waals surface area contributed by atoms with Crippen molar-refractivity contribution in [3.63, 3.8) is 0 Å². The molecule has 3 heterocycles. The van der Waals surface area contributed by atoms with Crippen LogP contribution in [0.15, 0.2) is 47.0 Å². The van der Waals surface area contributed by atoms with E-state index in [1.54, 1.807) is 6.92 Å². The summed E-state index contributed by atoms with van der Waals surface area (Å²) in [6, 6.07) is 10.8. The van der Waals surface area contributed by atoms with Gasteiger partial charge in [-0.25, -0.2) is 14.4 Å². The Hall–Kier alpha value is -3.55. The zero-order valence-electron chi connectivity index (χ0n) is 17.3. The molecule has 31 heavy (non-hydrogen) atoms. The number of nitrogens with one attached hydrogen (secondary N) is 2. The molecule has 0 radical (unpaired) electrons. The highest BCUT2D eigenvalue weighted by Gasteiger charge is 2.17. The molecule has 1 aromatic carbocycles. The molecule has 0 spiro atoms. The maximum absolute atomic E-state index is 13.6. The van der Waals surface area contributed by atoms with Crippen molar-refractivity contribution in [2.24, 2.45) is 0 Å². The van der Waals surface area contributed by atoms with Gasteiger partial charge in [0, 0.05) is 19.0 Å². The smallest absolute Gasteiger partial charge is 0.273 e. The third kappa shape index (κ3) is 5.14. The van der Waals surface area contributed by atoms with Crippen LogP contribution in [-0.2, 0) is 19.4 Å². The van der Waals surface area contributed by atoms with Gasteiger partial charge in [-0.3, -0.25) is 9.78 Å². The van der Waals surface area contributed by atoms with Gasteiger partial charge < -0.3 is 14.7 Å². The largest absolute Gasteiger partial charge is 0.445 e. The average molecular weight is 421 g/mol. The molecule has 0 aliphatic heterocycles. The Kier molecular flexibility index (Phi) is 6.35. The molecule has 2 N–H and O–H groups in total. The average Bonchev–Trinajstić information content (AvgIpc) is 3.35. The lowest BCUT2D eigenvalue weighted by molar-refractivity contribution is 0.0944. The van der Waals surface area contributed by atoms with Gasteiger partial charge in [-0.15, -0.1) is 0 Å². The Morgan fingerprint density at radius 2 is 1.94 bits per heavy atom. The number of hydrogen-bond donors (Lipinski definition) is 2. The number of H-pyrrole nitrogens is 1. The number of benzene rings is 1. The summed E-state index contributed by atoms with van der Waals surface area (Å²) in [5, 5.41) is 2.64. The number of imidazole rings is 1. The van der Waals surface area contributed by atoms with E-state index in [9.17, 15) is 9.18 Å². The van der Waals surface area contributed by atoms with Crippen LogP contribution in [-0.4, -0.2) is 25.8 Å². The molecule has 0 aliphatic carbocycles. The van der Waals surface area contributed by atoms with Crippen molar-refractivity contribution in [3.05, 3.63) is 77.3 Å². The number of aromatic nitrogens is 4. The molecule has 8 heteroatoms. The van der Waals surface area contributed by atoms with E-state index in [2.05, 4.69) is 25.3 Å². The summed E-state index contributed by atoms with van der Waals surface area (Å²) in [5.74, 6) is 1.13.